The molecule has 7 rings (SSSR count). The van der Waals surface area contributed by atoms with Crippen LogP contribution in [0.15, 0.2) is 97.6 Å². The summed E-state index contributed by atoms with van der Waals surface area (Å²) in [6.07, 6.45) is 10.1. The Bertz CT molecular complexity index is 1810. The van der Waals surface area contributed by atoms with Crippen molar-refractivity contribution in [2.45, 2.75) is 25.7 Å². The van der Waals surface area contributed by atoms with Gasteiger partial charge in [0.05, 0.1) is 28.6 Å². The molecule has 7 nitrogen and oxygen atoms in total. The number of aromatic nitrogens is 5. The molecule has 0 aliphatic carbocycles. The number of hydrogen-bond donors (Lipinski definition) is 3. The van der Waals surface area contributed by atoms with Gasteiger partial charge in [0, 0.05) is 53.9 Å². The smallest absolute Gasteiger partial charge is 0.137 e. The maximum atomic E-state index is 4.75. The van der Waals surface area contributed by atoms with E-state index in [9.17, 15) is 0 Å². The van der Waals surface area contributed by atoms with Gasteiger partial charge in [-0.2, -0.15) is 5.10 Å². The summed E-state index contributed by atoms with van der Waals surface area (Å²) in [5.41, 5.74) is 9.12. The first-order valence-electron chi connectivity index (χ1n) is 13.9. The second kappa shape index (κ2) is 10.3. The standard InChI is InChI=1S/C33H31N7/c1-22(16-23-8-4-2-5-9-23)36-26-17-25(20-34-21-26)24-10-11-30-27(18-24)32(39-38-30)31-19-28-29(37-31)12-13-35-33(28)40-14-6-3-7-15-40/h2,4-5,8-13,17-21,36-37H,1,3,6-7,14-16H2,(H,38,39). The van der Waals surface area contributed by atoms with Crippen molar-refractivity contribution in [3.8, 4) is 22.5 Å². The maximum Gasteiger partial charge on any atom is 0.137 e. The summed E-state index contributed by atoms with van der Waals surface area (Å²) in [5.74, 6) is 1.06. The van der Waals surface area contributed by atoms with Crippen LogP contribution in [0.25, 0.3) is 44.3 Å². The van der Waals surface area contributed by atoms with Crippen LogP contribution in [0.1, 0.15) is 24.8 Å². The molecule has 7 heteroatoms. The highest BCUT2D eigenvalue weighted by Gasteiger charge is 2.18. The molecule has 5 heterocycles. The van der Waals surface area contributed by atoms with Gasteiger partial charge in [0.1, 0.15) is 11.5 Å². The van der Waals surface area contributed by atoms with E-state index in [1.165, 1.54) is 24.8 Å². The Labute approximate surface area is 233 Å². The summed E-state index contributed by atoms with van der Waals surface area (Å²) in [6.45, 7) is 6.34. The fourth-order valence-electron chi connectivity index (χ4n) is 5.68. The van der Waals surface area contributed by atoms with Crippen LogP contribution in [-0.4, -0.2) is 38.2 Å². The summed E-state index contributed by atoms with van der Waals surface area (Å²) in [4.78, 5) is 15.3. The lowest BCUT2D eigenvalue weighted by molar-refractivity contribution is 0.575. The van der Waals surface area contributed by atoms with E-state index in [1.807, 2.05) is 42.9 Å². The molecular weight excluding hydrogens is 494 g/mol. The molecule has 1 saturated heterocycles. The number of pyridine rings is 2. The van der Waals surface area contributed by atoms with E-state index < -0.39 is 0 Å². The second-order valence-electron chi connectivity index (χ2n) is 10.5. The summed E-state index contributed by atoms with van der Waals surface area (Å²) in [6, 6.07) is 23.1. The topological polar surface area (TPSA) is 85.5 Å². The van der Waals surface area contributed by atoms with Gasteiger partial charge >= 0.3 is 0 Å². The lowest BCUT2D eigenvalue weighted by Gasteiger charge is -2.28. The molecular formula is C33H31N7. The summed E-state index contributed by atoms with van der Waals surface area (Å²) in [7, 11) is 0. The first kappa shape index (κ1) is 24.2. The van der Waals surface area contributed by atoms with Gasteiger partial charge in [-0.1, -0.05) is 43.0 Å². The van der Waals surface area contributed by atoms with E-state index in [2.05, 4.69) is 74.3 Å². The van der Waals surface area contributed by atoms with Crippen LogP contribution >= 0.6 is 0 Å². The molecule has 0 spiro atoms. The largest absolute Gasteiger partial charge is 0.358 e. The van der Waals surface area contributed by atoms with Crippen molar-refractivity contribution in [3.63, 3.8) is 0 Å². The molecule has 4 aromatic heterocycles. The maximum absolute atomic E-state index is 4.75. The number of piperidine rings is 1. The minimum Gasteiger partial charge on any atom is -0.358 e. The highest BCUT2D eigenvalue weighted by molar-refractivity contribution is 6.00. The van der Waals surface area contributed by atoms with Crippen molar-refractivity contribution < 1.29 is 0 Å². The number of anilines is 2. The van der Waals surface area contributed by atoms with E-state index >= 15 is 0 Å². The Hall–Kier alpha value is -4.91. The first-order valence-corrected chi connectivity index (χ1v) is 13.9. The molecule has 198 valence electrons. The zero-order valence-electron chi connectivity index (χ0n) is 22.3. The average Bonchev–Trinajstić information content (AvgIpc) is 3.62. The number of H-pyrrole nitrogens is 2. The zero-order valence-corrected chi connectivity index (χ0v) is 22.3. The van der Waals surface area contributed by atoms with Crippen molar-refractivity contribution in [1.82, 2.24) is 25.1 Å². The van der Waals surface area contributed by atoms with Crippen LogP contribution in [0, 0.1) is 0 Å². The number of fused-ring (bicyclic) bond motifs is 2. The molecule has 0 bridgehead atoms. The molecule has 0 amide bonds. The second-order valence-corrected chi connectivity index (χ2v) is 10.5. The lowest BCUT2D eigenvalue weighted by atomic mass is 10.0. The van der Waals surface area contributed by atoms with Crippen molar-refractivity contribution in [1.29, 1.82) is 0 Å². The average molecular weight is 526 g/mol. The van der Waals surface area contributed by atoms with Crippen LogP contribution in [0.2, 0.25) is 0 Å². The van der Waals surface area contributed by atoms with Crippen molar-refractivity contribution in [3.05, 3.63) is 103 Å². The van der Waals surface area contributed by atoms with Crippen LogP contribution in [0.3, 0.4) is 0 Å². The van der Waals surface area contributed by atoms with Gasteiger partial charge in [0.25, 0.3) is 0 Å². The molecule has 1 fully saturated rings. The van der Waals surface area contributed by atoms with Gasteiger partial charge < -0.3 is 15.2 Å². The number of aromatic amines is 2. The first-order chi connectivity index (χ1) is 19.7. The minimum absolute atomic E-state index is 0.759. The summed E-state index contributed by atoms with van der Waals surface area (Å²) in [5, 5.41) is 13.5. The van der Waals surface area contributed by atoms with Crippen LogP contribution in [0.4, 0.5) is 11.5 Å². The Morgan fingerprint density at radius 3 is 2.62 bits per heavy atom. The van der Waals surface area contributed by atoms with Gasteiger partial charge in [0.15, 0.2) is 0 Å². The molecule has 40 heavy (non-hydrogen) atoms. The highest BCUT2D eigenvalue weighted by Crippen LogP contribution is 2.35. The molecule has 3 N–H and O–H groups in total. The molecule has 0 saturated carbocycles. The van der Waals surface area contributed by atoms with Gasteiger partial charge in [-0.15, -0.1) is 0 Å². The minimum atomic E-state index is 0.759. The summed E-state index contributed by atoms with van der Waals surface area (Å²) < 4.78 is 0. The normalized spacial score (nSPS) is 13.7. The molecule has 2 aromatic carbocycles. The fourth-order valence-corrected chi connectivity index (χ4v) is 5.68. The van der Waals surface area contributed by atoms with Gasteiger partial charge in [0.2, 0.25) is 0 Å². The SMILES string of the molecule is C=C(Cc1ccccc1)Nc1cncc(-c2ccc3[nH]nc(-c4cc5c(N6CCCCC6)nccc5[nH]4)c3c2)c1. The lowest BCUT2D eigenvalue weighted by Crippen LogP contribution is -2.30. The quantitative estimate of drug-likeness (QED) is 0.203. The highest BCUT2D eigenvalue weighted by atomic mass is 15.2. The van der Waals surface area contributed by atoms with Gasteiger partial charge in [-0.05, 0) is 60.7 Å². The van der Waals surface area contributed by atoms with Crippen LogP contribution in [-0.2, 0) is 6.42 Å². The fraction of sp³-hybridized carbons (Fsp3) is 0.182. The Morgan fingerprint density at radius 2 is 1.75 bits per heavy atom. The Morgan fingerprint density at radius 1 is 0.875 bits per heavy atom. The van der Waals surface area contributed by atoms with Crippen molar-refractivity contribution in [2.75, 3.05) is 23.3 Å². The number of nitrogens with one attached hydrogen (secondary N) is 3. The number of benzene rings is 2. The molecule has 0 unspecified atom stereocenters. The van der Waals surface area contributed by atoms with E-state index in [-0.39, 0.29) is 0 Å². The molecule has 1 aliphatic heterocycles. The number of allylic oxidation sites excluding steroid dienone is 1. The van der Waals surface area contributed by atoms with Gasteiger partial charge in [-0.3, -0.25) is 10.1 Å². The predicted molar refractivity (Wildman–Crippen MR) is 163 cm³/mol. The van der Waals surface area contributed by atoms with E-state index in [0.717, 1.165) is 81.0 Å². The molecule has 0 radical (unpaired) electrons. The molecule has 1 aliphatic rings. The Kier molecular flexibility index (Phi) is 6.24. The Balaban J connectivity index is 1.19. The van der Waals surface area contributed by atoms with Crippen molar-refractivity contribution in [2.24, 2.45) is 0 Å². The van der Waals surface area contributed by atoms with Crippen LogP contribution < -0.4 is 10.2 Å². The monoisotopic (exact) mass is 525 g/mol. The summed E-state index contributed by atoms with van der Waals surface area (Å²) >= 11 is 0. The number of hydrogen-bond acceptors (Lipinski definition) is 5. The van der Waals surface area contributed by atoms with Gasteiger partial charge in [-0.25, -0.2) is 4.98 Å². The van der Waals surface area contributed by atoms with E-state index in [0.29, 0.717) is 0 Å². The molecule has 6 aromatic rings. The predicted octanol–water partition coefficient (Wildman–Crippen LogP) is 7.33. The third kappa shape index (κ3) is 4.71. The van der Waals surface area contributed by atoms with E-state index in [4.69, 9.17) is 10.1 Å². The third-order valence-corrected chi connectivity index (χ3v) is 7.65. The number of nitrogens with zero attached hydrogens (tertiary/aromatic N) is 4. The zero-order chi connectivity index (χ0) is 26.9. The third-order valence-electron chi connectivity index (χ3n) is 7.65. The number of rotatable bonds is 7. The molecule has 0 atom stereocenters. The van der Waals surface area contributed by atoms with Crippen LogP contribution in [0.5, 0.6) is 0 Å². The van der Waals surface area contributed by atoms with Crippen molar-refractivity contribution >= 4 is 33.3 Å². The van der Waals surface area contributed by atoms with E-state index in [1.54, 1.807) is 0 Å².